The molecule has 0 spiro atoms. The van der Waals surface area contributed by atoms with Crippen molar-refractivity contribution in [3.05, 3.63) is 52.4 Å². The fourth-order valence-corrected chi connectivity index (χ4v) is 6.82. The van der Waals surface area contributed by atoms with Gasteiger partial charge >= 0.3 is 5.69 Å². The molecule has 1 aliphatic rings. The minimum Gasteiger partial charge on any atom is -0.484 e. The summed E-state index contributed by atoms with van der Waals surface area (Å²) >= 11 is 0. The molecule has 2 aromatic carbocycles. The molecule has 0 unspecified atom stereocenters. The molecule has 1 amide bonds. The van der Waals surface area contributed by atoms with Crippen LogP contribution in [0.5, 0.6) is 5.75 Å². The molecule has 1 heterocycles. The van der Waals surface area contributed by atoms with Crippen LogP contribution in [0, 0.1) is 6.92 Å². The van der Waals surface area contributed by atoms with Crippen LogP contribution < -0.4 is 15.7 Å². The summed E-state index contributed by atoms with van der Waals surface area (Å²) in [5.74, 6) is 0.0847. The number of carbonyl (C=O) groups is 1. The Morgan fingerprint density at radius 1 is 1.00 bits per heavy atom. The van der Waals surface area contributed by atoms with E-state index < -0.39 is 21.0 Å². The van der Waals surface area contributed by atoms with Crippen molar-refractivity contribution in [2.75, 3.05) is 11.9 Å². The third-order valence-electron chi connectivity index (χ3n) is 6.72. The zero-order valence-electron chi connectivity index (χ0n) is 20.5. The van der Waals surface area contributed by atoms with Crippen LogP contribution in [0.4, 0.5) is 5.69 Å². The Hall–Kier alpha value is -3.07. The van der Waals surface area contributed by atoms with E-state index in [0.29, 0.717) is 42.7 Å². The number of sulfone groups is 1. The van der Waals surface area contributed by atoms with Crippen molar-refractivity contribution in [1.82, 2.24) is 9.13 Å². The van der Waals surface area contributed by atoms with E-state index in [1.165, 1.54) is 0 Å². The fourth-order valence-electron chi connectivity index (χ4n) is 4.81. The van der Waals surface area contributed by atoms with Gasteiger partial charge in [0.2, 0.25) is 0 Å². The Morgan fingerprint density at radius 2 is 1.60 bits per heavy atom. The molecule has 9 heteroatoms. The predicted molar refractivity (Wildman–Crippen MR) is 137 cm³/mol. The number of amides is 1. The minimum absolute atomic E-state index is 0.0658. The minimum atomic E-state index is -3.72. The number of imidazole rings is 1. The number of aromatic nitrogens is 2. The molecule has 0 atom stereocenters. The van der Waals surface area contributed by atoms with E-state index in [1.54, 1.807) is 33.4 Å². The molecule has 1 aromatic heterocycles. The maximum Gasteiger partial charge on any atom is 0.329 e. The molecular weight excluding hydrogens is 466 g/mol. The van der Waals surface area contributed by atoms with E-state index in [-0.39, 0.29) is 22.9 Å². The van der Waals surface area contributed by atoms with Gasteiger partial charge in [0.15, 0.2) is 16.4 Å². The highest BCUT2D eigenvalue weighted by molar-refractivity contribution is 7.92. The highest BCUT2D eigenvalue weighted by Crippen LogP contribution is 2.35. The third kappa shape index (κ3) is 5.00. The highest BCUT2D eigenvalue weighted by Gasteiger charge is 2.32. The summed E-state index contributed by atoms with van der Waals surface area (Å²) in [6, 6.07) is 10.5. The van der Waals surface area contributed by atoms with Gasteiger partial charge in [-0.3, -0.25) is 13.9 Å². The number of ether oxygens (including phenoxy) is 1. The zero-order valence-corrected chi connectivity index (χ0v) is 21.4. The molecule has 188 valence electrons. The zero-order chi connectivity index (χ0) is 25.2. The van der Waals surface area contributed by atoms with E-state index in [0.717, 1.165) is 24.8 Å². The Labute approximate surface area is 205 Å². The standard InChI is InChI=1S/C26H33N3O5S/c1-4-28-22-15-21(27-25(30)17-34-19-13-11-18(3)12-14-19)24(16-23(22)29(5-2)26(28)31)35(32,33)20-9-7-6-8-10-20/h11-16,20H,4-10,17H2,1-3H3,(H,27,30). The van der Waals surface area contributed by atoms with E-state index in [2.05, 4.69) is 5.32 Å². The van der Waals surface area contributed by atoms with Gasteiger partial charge in [-0.25, -0.2) is 13.2 Å². The van der Waals surface area contributed by atoms with Gasteiger partial charge < -0.3 is 10.1 Å². The van der Waals surface area contributed by atoms with Crippen molar-refractivity contribution in [3.8, 4) is 5.75 Å². The van der Waals surface area contributed by atoms with Crippen LogP contribution in [0.15, 0.2) is 46.1 Å². The molecule has 0 bridgehead atoms. The smallest absolute Gasteiger partial charge is 0.329 e. The lowest BCUT2D eigenvalue weighted by Gasteiger charge is -2.23. The summed E-state index contributed by atoms with van der Waals surface area (Å²) in [5, 5.41) is 2.26. The first kappa shape index (κ1) is 25.0. The predicted octanol–water partition coefficient (Wildman–Crippen LogP) is 4.28. The van der Waals surface area contributed by atoms with Crippen LogP contribution in [0.25, 0.3) is 11.0 Å². The van der Waals surface area contributed by atoms with Crippen LogP contribution in [-0.4, -0.2) is 35.3 Å². The van der Waals surface area contributed by atoms with Gasteiger partial charge in [0, 0.05) is 13.1 Å². The van der Waals surface area contributed by atoms with Gasteiger partial charge in [-0.05, 0) is 57.9 Å². The summed E-state index contributed by atoms with van der Waals surface area (Å²) < 4.78 is 36.2. The Morgan fingerprint density at radius 3 is 2.20 bits per heavy atom. The average Bonchev–Trinajstić information content (AvgIpc) is 3.12. The van der Waals surface area contributed by atoms with Gasteiger partial charge in [-0.2, -0.15) is 0 Å². The van der Waals surface area contributed by atoms with Crippen molar-refractivity contribution in [1.29, 1.82) is 0 Å². The van der Waals surface area contributed by atoms with Crippen molar-refractivity contribution in [2.45, 2.75) is 76.1 Å². The molecule has 1 saturated carbocycles. The summed E-state index contributed by atoms with van der Waals surface area (Å²) in [6.45, 7) is 6.26. The second-order valence-corrected chi connectivity index (χ2v) is 11.3. The van der Waals surface area contributed by atoms with Crippen LogP contribution in [0.2, 0.25) is 0 Å². The second kappa shape index (κ2) is 10.3. The lowest BCUT2D eigenvalue weighted by molar-refractivity contribution is -0.118. The van der Waals surface area contributed by atoms with Crippen molar-refractivity contribution in [3.63, 3.8) is 0 Å². The second-order valence-electron chi connectivity index (χ2n) is 9.06. The van der Waals surface area contributed by atoms with Crippen LogP contribution in [0.1, 0.15) is 51.5 Å². The summed E-state index contributed by atoms with van der Waals surface area (Å²) in [7, 11) is -3.72. The monoisotopic (exact) mass is 499 g/mol. The van der Waals surface area contributed by atoms with Crippen molar-refractivity contribution < 1.29 is 17.9 Å². The first-order chi connectivity index (χ1) is 16.8. The topological polar surface area (TPSA) is 99.4 Å². The number of anilines is 1. The quantitative estimate of drug-likeness (QED) is 0.499. The van der Waals surface area contributed by atoms with Crippen molar-refractivity contribution >= 4 is 32.5 Å². The number of fused-ring (bicyclic) bond motifs is 1. The summed E-state index contributed by atoms with van der Waals surface area (Å²) in [4.78, 5) is 25.8. The summed E-state index contributed by atoms with van der Waals surface area (Å²) in [6.07, 6.45) is 3.95. The third-order valence-corrected chi connectivity index (χ3v) is 9.02. The maximum atomic E-state index is 13.7. The molecule has 0 saturated heterocycles. The number of nitrogens with zero attached hydrogens (tertiary/aromatic N) is 2. The molecule has 1 N–H and O–H groups in total. The first-order valence-corrected chi connectivity index (χ1v) is 13.8. The van der Waals surface area contributed by atoms with Gasteiger partial charge in [0.05, 0.1) is 26.9 Å². The van der Waals surface area contributed by atoms with Crippen LogP contribution in [-0.2, 0) is 27.7 Å². The van der Waals surface area contributed by atoms with Gasteiger partial charge in [0.25, 0.3) is 5.91 Å². The van der Waals surface area contributed by atoms with E-state index >= 15 is 0 Å². The first-order valence-electron chi connectivity index (χ1n) is 12.3. The van der Waals surface area contributed by atoms with E-state index in [1.807, 2.05) is 32.9 Å². The SMILES string of the molecule is CCn1c(=O)n(CC)c2cc(S(=O)(=O)C3CCCCC3)c(NC(=O)COc3ccc(C)cc3)cc21. The molecule has 35 heavy (non-hydrogen) atoms. The number of hydrogen-bond acceptors (Lipinski definition) is 5. The number of hydrogen-bond donors (Lipinski definition) is 1. The van der Waals surface area contributed by atoms with E-state index in [9.17, 15) is 18.0 Å². The molecular formula is C26H33N3O5S. The average molecular weight is 500 g/mol. The molecule has 1 fully saturated rings. The van der Waals surface area contributed by atoms with E-state index in [4.69, 9.17) is 4.74 Å². The van der Waals surface area contributed by atoms with Gasteiger partial charge in [-0.1, -0.05) is 37.0 Å². The lowest BCUT2D eigenvalue weighted by atomic mass is 10.0. The lowest BCUT2D eigenvalue weighted by Crippen LogP contribution is -2.27. The highest BCUT2D eigenvalue weighted by atomic mass is 32.2. The number of benzene rings is 2. The Balaban J connectivity index is 1.74. The van der Waals surface area contributed by atoms with Gasteiger partial charge in [0.1, 0.15) is 5.75 Å². The van der Waals surface area contributed by atoms with Crippen LogP contribution in [0.3, 0.4) is 0 Å². The number of aryl methyl sites for hydroxylation is 3. The number of rotatable bonds is 8. The molecule has 4 rings (SSSR count). The molecule has 1 aliphatic carbocycles. The Kier molecular flexibility index (Phi) is 7.35. The fraction of sp³-hybridized carbons (Fsp3) is 0.462. The van der Waals surface area contributed by atoms with Gasteiger partial charge in [-0.15, -0.1) is 0 Å². The summed E-state index contributed by atoms with van der Waals surface area (Å²) in [5.41, 5.74) is 2.22. The Bertz CT molecular complexity index is 1380. The normalized spacial score (nSPS) is 14.8. The molecule has 3 aromatic rings. The number of nitrogens with one attached hydrogen (secondary N) is 1. The molecule has 0 aliphatic heterocycles. The molecule has 8 nitrogen and oxygen atoms in total. The van der Waals surface area contributed by atoms with Crippen molar-refractivity contribution in [2.24, 2.45) is 0 Å². The number of carbonyl (C=O) groups excluding carboxylic acids is 1. The maximum absolute atomic E-state index is 13.7. The van der Waals surface area contributed by atoms with Crippen LogP contribution >= 0.6 is 0 Å². The largest absolute Gasteiger partial charge is 0.484 e. The molecule has 0 radical (unpaired) electrons.